The first-order valence-electron chi connectivity index (χ1n) is 6.58. The first-order chi connectivity index (χ1) is 10.2. The van der Waals surface area contributed by atoms with Gasteiger partial charge < -0.3 is 4.74 Å². The van der Waals surface area contributed by atoms with Crippen LogP contribution in [-0.4, -0.2) is 17.8 Å². The molecule has 3 rings (SSSR count). The largest absolute Gasteiger partial charge is 0.493 e. The Morgan fingerprint density at radius 1 is 1.19 bits per heavy atom. The van der Waals surface area contributed by atoms with Gasteiger partial charge in [0.1, 0.15) is 5.75 Å². The van der Waals surface area contributed by atoms with E-state index in [2.05, 4.69) is 5.32 Å². The van der Waals surface area contributed by atoms with Crippen LogP contribution in [-0.2, 0) is 4.79 Å². The van der Waals surface area contributed by atoms with Gasteiger partial charge >= 0.3 is 0 Å². The van der Waals surface area contributed by atoms with E-state index in [1.807, 2.05) is 43.3 Å². The monoisotopic (exact) mass is 299 g/mol. The number of benzene rings is 2. The maximum absolute atomic E-state index is 11.7. The van der Waals surface area contributed by atoms with Gasteiger partial charge in [0.15, 0.2) is 0 Å². The van der Waals surface area contributed by atoms with Gasteiger partial charge in [-0.2, -0.15) is 0 Å². The summed E-state index contributed by atoms with van der Waals surface area (Å²) in [7, 11) is 0. The van der Waals surface area contributed by atoms with E-state index in [9.17, 15) is 9.59 Å². The zero-order chi connectivity index (χ0) is 14.8. The number of amides is 2. The first-order valence-corrected chi connectivity index (χ1v) is 7.40. The van der Waals surface area contributed by atoms with Crippen molar-refractivity contribution in [2.45, 2.75) is 6.92 Å². The minimum Gasteiger partial charge on any atom is -0.493 e. The fourth-order valence-electron chi connectivity index (χ4n) is 2.26. The normalized spacial score (nSPS) is 16.5. The minimum atomic E-state index is -0.361. The summed E-state index contributed by atoms with van der Waals surface area (Å²) in [6, 6.07) is 11.7. The second kappa shape index (κ2) is 5.61. The molecule has 0 radical (unpaired) electrons. The van der Waals surface area contributed by atoms with Crippen molar-refractivity contribution in [3.05, 3.63) is 46.9 Å². The second-order valence-corrected chi connectivity index (χ2v) is 5.50. The van der Waals surface area contributed by atoms with Gasteiger partial charge in [0.05, 0.1) is 11.5 Å². The average molecular weight is 299 g/mol. The van der Waals surface area contributed by atoms with Crippen LogP contribution in [0, 0.1) is 0 Å². The van der Waals surface area contributed by atoms with Crippen molar-refractivity contribution in [2.24, 2.45) is 0 Å². The van der Waals surface area contributed by atoms with Crippen LogP contribution < -0.4 is 10.1 Å². The number of carbonyl (C=O) groups excluding carboxylic acids is 2. The second-order valence-electron chi connectivity index (χ2n) is 4.48. The van der Waals surface area contributed by atoms with Crippen molar-refractivity contribution >= 4 is 39.8 Å². The van der Waals surface area contributed by atoms with Crippen molar-refractivity contribution in [3.8, 4) is 5.75 Å². The van der Waals surface area contributed by atoms with Crippen molar-refractivity contribution in [1.82, 2.24) is 5.32 Å². The van der Waals surface area contributed by atoms with Gasteiger partial charge in [-0.05, 0) is 41.6 Å². The van der Waals surface area contributed by atoms with Gasteiger partial charge in [0.25, 0.3) is 11.1 Å². The Hall–Kier alpha value is -2.27. The quantitative estimate of drug-likeness (QED) is 0.880. The summed E-state index contributed by atoms with van der Waals surface area (Å²) in [5, 5.41) is 3.97. The van der Waals surface area contributed by atoms with Crippen molar-refractivity contribution < 1.29 is 14.3 Å². The number of ether oxygens (including phenoxy) is 1. The van der Waals surface area contributed by atoms with E-state index in [4.69, 9.17) is 4.74 Å². The molecule has 1 saturated heterocycles. The topological polar surface area (TPSA) is 55.4 Å². The number of rotatable bonds is 3. The molecular weight excluding hydrogens is 286 g/mol. The maximum atomic E-state index is 11.7. The Kier molecular flexibility index (Phi) is 3.66. The van der Waals surface area contributed by atoms with Crippen LogP contribution in [0.1, 0.15) is 12.5 Å². The average Bonchev–Trinajstić information content (AvgIpc) is 2.79. The molecule has 1 heterocycles. The molecule has 0 bridgehead atoms. The molecule has 1 aliphatic rings. The van der Waals surface area contributed by atoms with Crippen LogP contribution in [0.4, 0.5) is 4.79 Å². The number of carbonyl (C=O) groups is 2. The molecule has 0 aliphatic carbocycles. The molecule has 2 amide bonds. The van der Waals surface area contributed by atoms with Crippen molar-refractivity contribution in [2.75, 3.05) is 6.61 Å². The molecule has 0 spiro atoms. The predicted molar refractivity (Wildman–Crippen MR) is 84.2 cm³/mol. The molecule has 0 atom stereocenters. The number of thioether (sulfide) groups is 1. The molecule has 21 heavy (non-hydrogen) atoms. The maximum Gasteiger partial charge on any atom is 0.290 e. The van der Waals surface area contributed by atoms with E-state index >= 15 is 0 Å². The fraction of sp³-hybridized carbons (Fsp3) is 0.125. The van der Waals surface area contributed by atoms with Gasteiger partial charge in [0.2, 0.25) is 0 Å². The summed E-state index contributed by atoms with van der Waals surface area (Å²) in [5.41, 5.74) is 0.822. The predicted octanol–water partition coefficient (Wildman–Crippen LogP) is 3.56. The smallest absolute Gasteiger partial charge is 0.290 e. The highest BCUT2D eigenvalue weighted by Crippen LogP contribution is 2.33. The number of imide groups is 1. The van der Waals surface area contributed by atoms with Gasteiger partial charge in [-0.1, -0.05) is 30.3 Å². The van der Waals surface area contributed by atoms with Crippen molar-refractivity contribution in [3.63, 3.8) is 0 Å². The number of hydrogen-bond acceptors (Lipinski definition) is 4. The SMILES string of the molecule is CCOc1ccc2ccccc2c1C=C1SC(=O)NC1=O. The van der Waals surface area contributed by atoms with Crippen molar-refractivity contribution in [1.29, 1.82) is 0 Å². The van der Waals surface area contributed by atoms with Crippen LogP contribution in [0.3, 0.4) is 0 Å². The summed E-state index contributed by atoms with van der Waals surface area (Å²) in [6.45, 7) is 2.44. The lowest BCUT2D eigenvalue weighted by Gasteiger charge is -2.11. The van der Waals surface area contributed by atoms with Gasteiger partial charge in [-0.15, -0.1) is 0 Å². The Balaban J connectivity index is 2.19. The van der Waals surface area contributed by atoms with Crippen LogP contribution in [0.25, 0.3) is 16.8 Å². The third-order valence-corrected chi connectivity index (χ3v) is 3.96. The first kappa shape index (κ1) is 13.7. The summed E-state index contributed by atoms with van der Waals surface area (Å²) in [5.74, 6) is 0.344. The summed E-state index contributed by atoms with van der Waals surface area (Å²) in [6.07, 6.45) is 1.72. The highest BCUT2D eigenvalue weighted by atomic mass is 32.2. The lowest BCUT2D eigenvalue weighted by atomic mass is 10.0. The molecule has 2 aromatic rings. The molecule has 4 nitrogen and oxygen atoms in total. The molecule has 1 aliphatic heterocycles. The van der Waals surface area contributed by atoms with Crippen LogP contribution >= 0.6 is 11.8 Å². The Morgan fingerprint density at radius 3 is 2.71 bits per heavy atom. The highest BCUT2D eigenvalue weighted by molar-refractivity contribution is 8.18. The standard InChI is InChI=1S/C16H13NO3S/c1-2-20-13-8-7-10-5-3-4-6-11(10)12(13)9-14-15(18)17-16(19)21-14/h3-9H,2H2,1H3,(H,17,18,19). The summed E-state index contributed by atoms with van der Waals surface area (Å²) >= 11 is 0.910. The fourth-order valence-corrected chi connectivity index (χ4v) is 2.92. The third kappa shape index (κ3) is 2.64. The number of hydrogen-bond donors (Lipinski definition) is 1. The molecule has 0 saturated carbocycles. The Bertz CT molecular complexity index is 767. The molecule has 5 heteroatoms. The molecule has 106 valence electrons. The van der Waals surface area contributed by atoms with Crippen LogP contribution in [0.15, 0.2) is 41.3 Å². The minimum absolute atomic E-state index is 0.343. The van der Waals surface area contributed by atoms with E-state index in [-0.39, 0.29) is 11.1 Å². The number of nitrogens with one attached hydrogen (secondary N) is 1. The molecule has 1 fully saturated rings. The summed E-state index contributed by atoms with van der Waals surface area (Å²) < 4.78 is 5.65. The lowest BCUT2D eigenvalue weighted by molar-refractivity contribution is -0.115. The molecule has 2 aromatic carbocycles. The highest BCUT2D eigenvalue weighted by Gasteiger charge is 2.25. The van der Waals surface area contributed by atoms with Gasteiger partial charge in [0, 0.05) is 5.56 Å². The number of fused-ring (bicyclic) bond motifs is 1. The Morgan fingerprint density at radius 2 is 2.00 bits per heavy atom. The molecule has 0 unspecified atom stereocenters. The third-order valence-electron chi connectivity index (χ3n) is 3.15. The molecule has 0 aromatic heterocycles. The molecular formula is C16H13NO3S. The zero-order valence-electron chi connectivity index (χ0n) is 11.4. The lowest BCUT2D eigenvalue weighted by Crippen LogP contribution is -2.17. The zero-order valence-corrected chi connectivity index (χ0v) is 12.2. The molecule has 1 N–H and O–H groups in total. The van der Waals surface area contributed by atoms with E-state index in [1.54, 1.807) is 6.08 Å². The van der Waals surface area contributed by atoms with Gasteiger partial charge in [-0.3, -0.25) is 14.9 Å². The summed E-state index contributed by atoms with van der Waals surface area (Å²) in [4.78, 5) is 23.4. The van der Waals surface area contributed by atoms with Crippen LogP contribution in [0.5, 0.6) is 5.75 Å². The van der Waals surface area contributed by atoms with E-state index in [1.165, 1.54) is 0 Å². The van der Waals surface area contributed by atoms with E-state index in [0.717, 1.165) is 28.1 Å². The van der Waals surface area contributed by atoms with E-state index in [0.29, 0.717) is 17.3 Å². The Labute approximate surface area is 126 Å². The van der Waals surface area contributed by atoms with Crippen LogP contribution in [0.2, 0.25) is 0 Å². The van der Waals surface area contributed by atoms with Gasteiger partial charge in [-0.25, -0.2) is 0 Å². The van der Waals surface area contributed by atoms with E-state index < -0.39 is 0 Å².